The molecule has 1 saturated carbocycles. The van der Waals surface area contributed by atoms with Crippen molar-refractivity contribution in [2.45, 2.75) is 30.7 Å². The molecule has 160 valence electrons. The largest absolute Gasteiger partial charge is 0.330 e. The van der Waals surface area contributed by atoms with Crippen LogP contribution in [0.15, 0.2) is 47.4 Å². The topological polar surface area (TPSA) is 95.6 Å². The molecule has 1 aliphatic carbocycles. The van der Waals surface area contributed by atoms with Gasteiger partial charge in [0, 0.05) is 18.2 Å². The summed E-state index contributed by atoms with van der Waals surface area (Å²) in [5, 5.41) is 3.18. The number of hydrogen-bond acceptors (Lipinski definition) is 4. The number of sulfonamides is 1. The van der Waals surface area contributed by atoms with Gasteiger partial charge in [0.1, 0.15) is 6.54 Å². The van der Waals surface area contributed by atoms with E-state index in [0.717, 1.165) is 12.8 Å². The Labute approximate surface area is 185 Å². The number of amides is 2. The molecule has 0 spiro atoms. The zero-order valence-electron chi connectivity index (χ0n) is 16.2. The van der Waals surface area contributed by atoms with Gasteiger partial charge in [-0.2, -0.15) is 0 Å². The van der Waals surface area contributed by atoms with E-state index in [0.29, 0.717) is 0 Å². The van der Waals surface area contributed by atoms with Gasteiger partial charge in [0.05, 0.1) is 20.6 Å². The molecule has 3 rings (SSSR count). The van der Waals surface area contributed by atoms with E-state index in [-0.39, 0.29) is 45.3 Å². The average molecular weight is 470 g/mol. The number of benzene rings is 2. The lowest BCUT2D eigenvalue weighted by Crippen LogP contribution is -2.38. The van der Waals surface area contributed by atoms with E-state index in [2.05, 4.69) is 10.0 Å². The lowest BCUT2D eigenvalue weighted by Gasteiger charge is -2.21. The molecule has 2 amide bonds. The molecule has 2 N–H and O–H groups in total. The Kier molecular flexibility index (Phi) is 7.02. The van der Waals surface area contributed by atoms with Gasteiger partial charge in [-0.3, -0.25) is 9.59 Å². The molecule has 0 radical (unpaired) electrons. The van der Waals surface area contributed by atoms with Crippen LogP contribution in [0.3, 0.4) is 0 Å². The van der Waals surface area contributed by atoms with E-state index < -0.39 is 21.8 Å². The minimum Gasteiger partial charge on any atom is -0.330 e. The number of anilines is 1. The van der Waals surface area contributed by atoms with Gasteiger partial charge in [-0.25, -0.2) is 13.1 Å². The number of likely N-dealkylation sites (N-methyl/N-ethyl adjacent to an activating group) is 1. The molecule has 0 unspecified atom stereocenters. The number of halogens is 2. The maximum atomic E-state index is 12.9. The molecule has 7 nitrogen and oxygen atoms in total. The minimum absolute atomic E-state index is 0.0172. The Morgan fingerprint density at radius 3 is 2.33 bits per heavy atom. The van der Waals surface area contributed by atoms with Crippen LogP contribution in [0.4, 0.5) is 5.69 Å². The van der Waals surface area contributed by atoms with Crippen LogP contribution >= 0.6 is 23.2 Å². The average Bonchev–Trinajstić information content (AvgIpc) is 3.52. The van der Waals surface area contributed by atoms with E-state index in [1.807, 2.05) is 0 Å². The Bertz CT molecular complexity index is 1050. The van der Waals surface area contributed by atoms with E-state index in [4.69, 9.17) is 23.2 Å². The molecule has 10 heteroatoms. The summed E-state index contributed by atoms with van der Waals surface area (Å²) in [6.07, 6.45) is 1.62. The molecular formula is C20H21Cl2N3O4S. The number of hydrogen-bond donors (Lipinski definition) is 2. The van der Waals surface area contributed by atoms with Gasteiger partial charge in [-0.05, 0) is 50.1 Å². The number of nitrogens with one attached hydrogen (secondary N) is 2. The summed E-state index contributed by atoms with van der Waals surface area (Å²) < 4.78 is 27.4. The second kappa shape index (κ2) is 9.34. The SMILES string of the molecule is CCN(CC(=O)Nc1c(Cl)cccc1Cl)C(=O)c1cccc(S(=O)(=O)NC2CC2)c1. The third-order valence-corrected chi connectivity index (χ3v) is 6.67. The highest BCUT2D eigenvalue weighted by molar-refractivity contribution is 7.89. The predicted molar refractivity (Wildman–Crippen MR) is 116 cm³/mol. The molecule has 0 aromatic heterocycles. The number of carbonyl (C=O) groups excluding carboxylic acids is 2. The van der Waals surface area contributed by atoms with Gasteiger partial charge in [0.2, 0.25) is 15.9 Å². The fourth-order valence-electron chi connectivity index (χ4n) is 2.76. The first-order valence-corrected chi connectivity index (χ1v) is 11.6. The normalized spacial score (nSPS) is 13.7. The predicted octanol–water partition coefficient (Wildman–Crippen LogP) is 3.53. The molecule has 30 heavy (non-hydrogen) atoms. The van der Waals surface area contributed by atoms with Crippen LogP contribution < -0.4 is 10.0 Å². The summed E-state index contributed by atoms with van der Waals surface area (Å²) in [5.41, 5.74) is 0.452. The summed E-state index contributed by atoms with van der Waals surface area (Å²) in [7, 11) is -3.69. The molecule has 0 aliphatic heterocycles. The number of para-hydroxylation sites is 1. The van der Waals surface area contributed by atoms with Crippen LogP contribution in [0.25, 0.3) is 0 Å². The monoisotopic (exact) mass is 469 g/mol. The van der Waals surface area contributed by atoms with Crippen molar-refractivity contribution in [3.8, 4) is 0 Å². The minimum atomic E-state index is -3.69. The Morgan fingerprint density at radius 2 is 1.73 bits per heavy atom. The zero-order valence-corrected chi connectivity index (χ0v) is 18.5. The van der Waals surface area contributed by atoms with Crippen molar-refractivity contribution >= 4 is 50.7 Å². The first kappa shape index (κ1) is 22.6. The van der Waals surface area contributed by atoms with Crippen LogP contribution in [0, 0.1) is 0 Å². The van der Waals surface area contributed by atoms with Crippen LogP contribution in [-0.2, 0) is 14.8 Å². The van der Waals surface area contributed by atoms with Gasteiger partial charge in [-0.15, -0.1) is 0 Å². The molecular weight excluding hydrogens is 449 g/mol. The highest BCUT2D eigenvalue weighted by atomic mass is 35.5. The quantitative estimate of drug-likeness (QED) is 0.617. The lowest BCUT2D eigenvalue weighted by atomic mass is 10.2. The summed E-state index contributed by atoms with van der Waals surface area (Å²) in [4.78, 5) is 26.7. The lowest BCUT2D eigenvalue weighted by molar-refractivity contribution is -0.116. The van der Waals surface area contributed by atoms with Crippen LogP contribution in [0.1, 0.15) is 30.1 Å². The molecule has 0 saturated heterocycles. The first-order valence-electron chi connectivity index (χ1n) is 9.37. The molecule has 2 aromatic carbocycles. The van der Waals surface area contributed by atoms with E-state index >= 15 is 0 Å². The summed E-state index contributed by atoms with van der Waals surface area (Å²) in [6.45, 7) is 1.73. The van der Waals surface area contributed by atoms with Gasteiger partial charge >= 0.3 is 0 Å². The third-order valence-electron chi connectivity index (χ3n) is 4.52. The maximum Gasteiger partial charge on any atom is 0.254 e. The van der Waals surface area contributed by atoms with Gasteiger partial charge in [0.25, 0.3) is 5.91 Å². The van der Waals surface area contributed by atoms with Crippen molar-refractivity contribution < 1.29 is 18.0 Å². The fraction of sp³-hybridized carbons (Fsp3) is 0.300. The molecule has 1 aliphatic rings. The van der Waals surface area contributed by atoms with Gasteiger partial charge < -0.3 is 10.2 Å². The van der Waals surface area contributed by atoms with Crippen molar-refractivity contribution in [2.24, 2.45) is 0 Å². The summed E-state index contributed by atoms with van der Waals surface area (Å²) >= 11 is 12.1. The van der Waals surface area contributed by atoms with Crippen LogP contribution in [0.2, 0.25) is 10.0 Å². The van der Waals surface area contributed by atoms with Crippen molar-refractivity contribution in [1.29, 1.82) is 0 Å². The summed E-state index contributed by atoms with van der Waals surface area (Å²) in [6, 6.07) is 10.6. The molecule has 2 aromatic rings. The van der Waals surface area contributed by atoms with Crippen molar-refractivity contribution in [3.05, 3.63) is 58.1 Å². The second-order valence-corrected chi connectivity index (χ2v) is 9.42. The van der Waals surface area contributed by atoms with Gasteiger partial charge in [-0.1, -0.05) is 35.3 Å². The van der Waals surface area contributed by atoms with Crippen molar-refractivity contribution in [3.63, 3.8) is 0 Å². The highest BCUT2D eigenvalue weighted by Crippen LogP contribution is 2.29. The van der Waals surface area contributed by atoms with E-state index in [1.165, 1.54) is 29.2 Å². The van der Waals surface area contributed by atoms with Crippen molar-refractivity contribution in [1.82, 2.24) is 9.62 Å². The fourth-order valence-corrected chi connectivity index (χ4v) is 4.61. The van der Waals surface area contributed by atoms with Gasteiger partial charge in [0.15, 0.2) is 0 Å². The number of rotatable bonds is 8. The smallest absolute Gasteiger partial charge is 0.254 e. The zero-order chi connectivity index (χ0) is 21.9. The van der Waals surface area contributed by atoms with E-state index in [1.54, 1.807) is 25.1 Å². The Morgan fingerprint density at radius 1 is 1.10 bits per heavy atom. The standard InChI is InChI=1S/C20H21Cl2N3O4S/c1-2-25(12-18(26)23-19-16(21)7-4-8-17(19)22)20(27)13-5-3-6-15(11-13)30(28,29)24-14-9-10-14/h3-8,11,14,24H,2,9-10,12H2,1H3,(H,23,26). The molecule has 1 fully saturated rings. The number of nitrogens with zero attached hydrogens (tertiary/aromatic N) is 1. The molecule has 0 bridgehead atoms. The number of carbonyl (C=O) groups is 2. The van der Waals surface area contributed by atoms with Crippen molar-refractivity contribution in [2.75, 3.05) is 18.4 Å². The third kappa shape index (κ3) is 5.51. The van der Waals surface area contributed by atoms with E-state index in [9.17, 15) is 18.0 Å². The highest BCUT2D eigenvalue weighted by Gasteiger charge is 2.28. The van der Waals surface area contributed by atoms with Crippen LogP contribution in [-0.4, -0.2) is 44.3 Å². The molecule has 0 heterocycles. The maximum absolute atomic E-state index is 12.9. The first-order chi connectivity index (χ1) is 14.2. The molecule has 0 atom stereocenters. The Hall–Kier alpha value is -2.13. The van der Waals surface area contributed by atoms with Crippen LogP contribution in [0.5, 0.6) is 0 Å². The second-order valence-electron chi connectivity index (χ2n) is 6.89. The summed E-state index contributed by atoms with van der Waals surface area (Å²) in [5.74, 6) is -0.930. The Balaban J connectivity index is 1.73.